The summed E-state index contributed by atoms with van der Waals surface area (Å²) in [6, 6.07) is 78.2. The van der Waals surface area contributed by atoms with Crippen LogP contribution in [-0.2, 0) is 37.3 Å². The zero-order valence-corrected chi connectivity index (χ0v) is 67.5. The van der Waals surface area contributed by atoms with Crippen molar-refractivity contribution in [3.63, 3.8) is 0 Å². The monoisotopic (exact) mass is 1510 g/mol. The molecule has 106 heavy (non-hydrogen) atoms. The zero-order valence-electron chi connectivity index (χ0n) is 62.9. The Kier molecular flexibility index (Phi) is 26.0. The molecule has 0 unspecified atom stereocenters. The molecule has 0 spiro atoms. The molecule has 0 N–H and O–H groups in total. The van der Waals surface area contributed by atoms with Gasteiger partial charge in [0.2, 0.25) is 0 Å². The normalized spacial score (nSPS) is 12.0. The van der Waals surface area contributed by atoms with Crippen molar-refractivity contribution in [2.24, 2.45) is 0 Å². The molecule has 14 nitrogen and oxygen atoms in total. The maximum atomic E-state index is 13.1. The van der Waals surface area contributed by atoms with Gasteiger partial charge >= 0.3 is 33.2 Å². The summed E-state index contributed by atoms with van der Waals surface area (Å²) in [6.07, 6.45) is 0.320. The molecule has 0 amide bonds. The first-order valence-corrected chi connectivity index (χ1v) is 46.8. The van der Waals surface area contributed by atoms with Crippen molar-refractivity contribution < 1.29 is 65.3 Å². The van der Waals surface area contributed by atoms with Crippen molar-refractivity contribution >= 4 is 71.4 Å². The largest absolute Gasteiger partial charge is 0.519 e. The second kappa shape index (κ2) is 34.9. The Bertz CT molecular complexity index is 4610. The Balaban J connectivity index is 0.587. The summed E-state index contributed by atoms with van der Waals surface area (Å²) in [4.78, 5) is 53.3. The first-order chi connectivity index (χ1) is 50.3. The molecule has 550 valence electrons. The number of aryl methyl sites for hydroxylation is 4. The highest BCUT2D eigenvalue weighted by Gasteiger charge is 2.39. The predicted molar refractivity (Wildman–Crippen MR) is 429 cm³/mol. The number of hydrogen-bond acceptors (Lipinski definition) is 16. The number of rotatable bonds is 29. The number of carbonyl (C=O) groups excluding carboxylic acids is 4. The molecule has 0 aliphatic carbocycles. The van der Waals surface area contributed by atoms with Gasteiger partial charge in [-0.1, -0.05) is 197 Å². The van der Waals surface area contributed by atoms with Crippen LogP contribution < -0.4 is 37.9 Å². The standard InChI is InChI=1S/C87H94O14S2Si3/c1-61-59-63(29-55-79(61)98-83(90)96-74-45-37-70(38-46-74)87(7,8)69-35-43-73(44-36-69)93-81(88)92-71-39-31-67(32-40-71)85(3,4)65-25-17-15-18-26-65)23-21-57-104(9,10)100-106(13,14)101-105(11,12)58-22-24-64-30-56-80(62(2)60-64)99-84(91)97-76-49-53-78(54-50-76)103-102-77-51-47-75(48-52-77)95-82(89)94-72-41-33-68(34-42-72)86(5,6)66-27-19-16-20-28-66/h15-20,25-56,59-60H,21-24,57-58H2,1-14H3. The van der Waals surface area contributed by atoms with E-state index in [4.69, 9.17) is 46.1 Å². The Hall–Kier alpha value is -9.45. The van der Waals surface area contributed by atoms with Crippen LogP contribution in [0.4, 0.5) is 19.2 Å². The van der Waals surface area contributed by atoms with E-state index in [-0.39, 0.29) is 10.8 Å². The van der Waals surface area contributed by atoms with E-state index < -0.39 is 55.2 Å². The Morgan fingerprint density at radius 3 is 0.821 bits per heavy atom. The van der Waals surface area contributed by atoms with E-state index in [1.807, 2.05) is 147 Å². The first kappa shape index (κ1) is 79.1. The highest BCUT2D eigenvalue weighted by Crippen LogP contribution is 2.41. The topological polar surface area (TPSA) is 161 Å². The Labute approximate surface area is 635 Å². The van der Waals surface area contributed by atoms with Crippen LogP contribution in [0.3, 0.4) is 0 Å². The molecule has 0 aromatic heterocycles. The highest BCUT2D eigenvalue weighted by atomic mass is 33.1. The first-order valence-electron chi connectivity index (χ1n) is 35.6. The molecular weight excluding hydrogens is 1420 g/mol. The molecule has 10 aromatic carbocycles. The number of carbonyl (C=O) groups is 4. The third-order valence-corrected chi connectivity index (χ3v) is 32.7. The van der Waals surface area contributed by atoms with Gasteiger partial charge in [0.25, 0.3) is 0 Å². The highest BCUT2D eigenvalue weighted by molar-refractivity contribution is 8.76. The fourth-order valence-electron chi connectivity index (χ4n) is 12.9. The van der Waals surface area contributed by atoms with Gasteiger partial charge < -0.3 is 46.1 Å². The lowest BCUT2D eigenvalue weighted by atomic mass is 9.78. The average molecular weight is 1510 g/mol. The lowest BCUT2D eigenvalue weighted by Gasteiger charge is -2.39. The zero-order chi connectivity index (χ0) is 75.9. The van der Waals surface area contributed by atoms with E-state index in [2.05, 4.69) is 117 Å². The van der Waals surface area contributed by atoms with Crippen LogP contribution >= 0.6 is 21.6 Å². The molecule has 10 aromatic rings. The van der Waals surface area contributed by atoms with Gasteiger partial charge in [-0.3, -0.25) is 0 Å². The fourth-order valence-corrected chi connectivity index (χ4v) is 28.9. The summed E-state index contributed by atoms with van der Waals surface area (Å²) >= 11 is 0. The predicted octanol–water partition coefficient (Wildman–Crippen LogP) is 24.1. The minimum absolute atomic E-state index is 0.214. The average Bonchev–Trinajstić information content (AvgIpc) is 0.823. The molecule has 0 saturated heterocycles. The second-order valence-electron chi connectivity index (χ2n) is 29.7. The van der Waals surface area contributed by atoms with E-state index in [1.54, 1.807) is 72.8 Å². The van der Waals surface area contributed by atoms with Gasteiger partial charge in [-0.15, -0.1) is 0 Å². The number of ether oxygens (including phenoxy) is 8. The maximum Gasteiger partial charge on any atom is 0.519 e. The van der Waals surface area contributed by atoms with Crippen LogP contribution in [0.15, 0.2) is 252 Å². The summed E-state index contributed by atoms with van der Waals surface area (Å²) in [5.41, 5.74) is 9.64. The van der Waals surface area contributed by atoms with Crippen molar-refractivity contribution in [3.05, 3.63) is 298 Å². The molecule has 0 radical (unpaired) electrons. The molecule has 0 saturated carbocycles. The summed E-state index contributed by atoms with van der Waals surface area (Å²) < 4.78 is 58.4. The molecule has 0 aliphatic heterocycles. The smallest absolute Gasteiger partial charge is 0.437 e. The lowest BCUT2D eigenvalue weighted by molar-refractivity contribution is 0.150. The fraction of sp³-hybridized carbons (Fsp3) is 0.264. The summed E-state index contributed by atoms with van der Waals surface area (Å²) in [6.45, 7) is 30.1. The van der Waals surface area contributed by atoms with Gasteiger partial charge in [-0.2, -0.15) is 0 Å². The molecule has 0 heterocycles. The van der Waals surface area contributed by atoms with E-state index >= 15 is 0 Å². The van der Waals surface area contributed by atoms with Crippen molar-refractivity contribution in [2.75, 3.05) is 0 Å². The van der Waals surface area contributed by atoms with Crippen LogP contribution in [0.25, 0.3) is 0 Å². The van der Waals surface area contributed by atoms with E-state index in [1.165, 1.54) is 32.7 Å². The maximum absolute atomic E-state index is 13.1. The number of benzene rings is 10. The van der Waals surface area contributed by atoms with Gasteiger partial charge in [0.15, 0.2) is 16.6 Å². The molecule has 0 atom stereocenters. The van der Waals surface area contributed by atoms with E-state index in [0.717, 1.165) is 92.1 Å². The van der Waals surface area contributed by atoms with E-state index in [9.17, 15) is 19.2 Å². The SMILES string of the molecule is Cc1cc(CCC[Si](C)(C)O[Si](C)(C)O[Si](C)(C)CCCc2ccc(OC(=O)Oc3ccc(C(C)(C)c4ccc(OC(=O)Oc5ccc(C(C)(C)c6ccccc6)cc5)cc4)cc3)c(C)c2)ccc1OC(=O)Oc1ccc(SSc2ccc(OC(=O)Oc3ccc(C(C)(C)c4ccccc4)cc3)cc2)cc1. The van der Waals surface area contributed by atoms with Crippen LogP contribution in [0.5, 0.6) is 46.0 Å². The van der Waals surface area contributed by atoms with Gasteiger partial charge in [0.05, 0.1) is 0 Å². The Morgan fingerprint density at radius 2 is 0.557 bits per heavy atom. The van der Waals surface area contributed by atoms with Crippen molar-refractivity contribution in [1.29, 1.82) is 0 Å². The quantitative estimate of drug-likeness (QED) is 0.0188. The van der Waals surface area contributed by atoms with Crippen molar-refractivity contribution in [2.45, 2.75) is 158 Å². The van der Waals surface area contributed by atoms with Gasteiger partial charge in [0.1, 0.15) is 46.0 Å². The van der Waals surface area contributed by atoms with E-state index in [0.29, 0.717) is 46.0 Å². The molecule has 0 bridgehead atoms. The molecule has 0 fully saturated rings. The minimum Gasteiger partial charge on any atom is -0.437 e. The summed E-state index contributed by atoms with van der Waals surface area (Å²) in [5, 5.41) is 0. The lowest BCUT2D eigenvalue weighted by Crippen LogP contribution is -2.52. The van der Waals surface area contributed by atoms with Crippen LogP contribution in [0, 0.1) is 13.8 Å². The van der Waals surface area contributed by atoms with Crippen LogP contribution in [0.2, 0.25) is 51.4 Å². The summed E-state index contributed by atoms with van der Waals surface area (Å²) in [5.74, 6) is 3.08. The van der Waals surface area contributed by atoms with Gasteiger partial charge in [-0.25, -0.2) is 19.2 Å². The van der Waals surface area contributed by atoms with Crippen molar-refractivity contribution in [1.82, 2.24) is 0 Å². The third kappa shape index (κ3) is 22.6. The van der Waals surface area contributed by atoms with Crippen LogP contribution in [-0.4, -0.2) is 49.8 Å². The Morgan fingerprint density at radius 1 is 0.311 bits per heavy atom. The molecular formula is C87H94O14S2Si3. The van der Waals surface area contributed by atoms with Crippen molar-refractivity contribution in [3.8, 4) is 46.0 Å². The number of hydrogen-bond donors (Lipinski definition) is 0. The summed E-state index contributed by atoms with van der Waals surface area (Å²) in [7, 11) is -3.62. The van der Waals surface area contributed by atoms with Gasteiger partial charge in [0, 0.05) is 26.0 Å². The van der Waals surface area contributed by atoms with Gasteiger partial charge in [-0.05, 0) is 256 Å². The third-order valence-electron chi connectivity index (χ3n) is 18.8. The molecule has 10 rings (SSSR count). The molecule has 0 aliphatic rings. The van der Waals surface area contributed by atoms with Crippen LogP contribution in [0.1, 0.15) is 110 Å². The second-order valence-corrected chi connectivity index (χ2v) is 44.4. The minimum atomic E-state index is -2.48. The molecule has 19 heteroatoms.